The molecular weight excluding hydrogens is 456 g/mol. The van der Waals surface area contributed by atoms with Crippen molar-refractivity contribution >= 4 is 27.3 Å². The maximum absolute atomic E-state index is 12.9. The molecule has 180 valence electrons. The van der Waals surface area contributed by atoms with Crippen LogP contribution in [0.3, 0.4) is 0 Å². The summed E-state index contributed by atoms with van der Waals surface area (Å²) in [4.78, 5) is 12.7. The van der Waals surface area contributed by atoms with Gasteiger partial charge < -0.3 is 19.5 Å². The van der Waals surface area contributed by atoms with Crippen LogP contribution in [-0.2, 0) is 14.8 Å². The summed E-state index contributed by atoms with van der Waals surface area (Å²) >= 11 is 0. The number of carbonyl (C=O) groups excluding carboxylic acids is 1. The average molecular weight is 485 g/mol. The van der Waals surface area contributed by atoms with Crippen LogP contribution < -0.4 is 24.2 Å². The lowest BCUT2D eigenvalue weighted by atomic mass is 10.2. The van der Waals surface area contributed by atoms with Crippen LogP contribution in [0, 0.1) is 6.92 Å². The lowest BCUT2D eigenvalue weighted by molar-refractivity contribution is -0.122. The first-order chi connectivity index (χ1) is 16.2. The van der Waals surface area contributed by atoms with E-state index in [0.29, 0.717) is 29.4 Å². The van der Waals surface area contributed by atoms with Crippen LogP contribution in [0.5, 0.6) is 17.2 Å². The van der Waals surface area contributed by atoms with Crippen LogP contribution in [0.25, 0.3) is 0 Å². The lowest BCUT2D eigenvalue weighted by Crippen LogP contribution is -2.32. The number of nitrogens with one attached hydrogen (secondary N) is 2. The molecule has 0 aliphatic rings. The summed E-state index contributed by atoms with van der Waals surface area (Å²) in [5.41, 5.74) is 1.73. The van der Waals surface area contributed by atoms with Gasteiger partial charge in [-0.2, -0.15) is 0 Å². The third kappa shape index (κ3) is 6.20. The fourth-order valence-electron chi connectivity index (χ4n) is 3.21. The number of hydrogen-bond acceptors (Lipinski definition) is 6. The molecule has 0 heterocycles. The maximum atomic E-state index is 12.9. The minimum atomic E-state index is -3.90. The van der Waals surface area contributed by atoms with Crippen molar-refractivity contribution in [3.8, 4) is 17.2 Å². The normalized spacial score (nSPS) is 11.9. The molecule has 2 N–H and O–H groups in total. The molecule has 34 heavy (non-hydrogen) atoms. The Balaban J connectivity index is 1.71. The molecule has 0 aliphatic heterocycles. The van der Waals surface area contributed by atoms with Gasteiger partial charge in [0.1, 0.15) is 17.2 Å². The van der Waals surface area contributed by atoms with Crippen molar-refractivity contribution < 1.29 is 27.4 Å². The zero-order chi connectivity index (χ0) is 24.7. The second kappa shape index (κ2) is 10.9. The van der Waals surface area contributed by atoms with Gasteiger partial charge in [0.25, 0.3) is 15.9 Å². The highest BCUT2D eigenvalue weighted by atomic mass is 32.2. The topological polar surface area (TPSA) is 103 Å². The van der Waals surface area contributed by atoms with Crippen molar-refractivity contribution in [1.29, 1.82) is 0 Å². The van der Waals surface area contributed by atoms with Gasteiger partial charge in [0.2, 0.25) is 0 Å². The highest BCUT2D eigenvalue weighted by Gasteiger charge is 2.20. The number of amides is 1. The molecule has 3 aromatic rings. The Hall–Kier alpha value is -3.72. The molecule has 0 fully saturated rings. The highest BCUT2D eigenvalue weighted by molar-refractivity contribution is 7.92. The Bertz CT molecular complexity index is 1240. The SMILES string of the molecule is CC[C@@H](Oc1cccc(C)c1)C(=O)Nc1ccc(S(=O)(=O)Nc2cc(OC)ccc2OC)cc1. The van der Waals surface area contributed by atoms with Gasteiger partial charge in [0.05, 0.1) is 24.8 Å². The molecule has 0 radical (unpaired) electrons. The molecule has 1 atom stereocenters. The molecule has 0 unspecified atom stereocenters. The van der Waals surface area contributed by atoms with Crippen molar-refractivity contribution in [2.45, 2.75) is 31.3 Å². The minimum absolute atomic E-state index is 0.0263. The molecule has 3 rings (SSSR count). The Kier molecular flexibility index (Phi) is 8.01. The number of carbonyl (C=O) groups is 1. The van der Waals surface area contributed by atoms with Crippen LogP contribution in [0.1, 0.15) is 18.9 Å². The second-order valence-corrected chi connectivity index (χ2v) is 9.20. The van der Waals surface area contributed by atoms with E-state index < -0.39 is 16.1 Å². The Morgan fingerprint density at radius 3 is 2.29 bits per heavy atom. The Morgan fingerprint density at radius 2 is 1.68 bits per heavy atom. The number of anilines is 2. The molecule has 0 aliphatic carbocycles. The van der Waals surface area contributed by atoms with Gasteiger partial charge in [-0.15, -0.1) is 0 Å². The van der Waals surface area contributed by atoms with Gasteiger partial charge in [0, 0.05) is 11.8 Å². The molecular formula is C25H28N2O6S. The van der Waals surface area contributed by atoms with E-state index >= 15 is 0 Å². The number of aryl methyl sites for hydroxylation is 1. The minimum Gasteiger partial charge on any atom is -0.497 e. The van der Waals surface area contributed by atoms with Gasteiger partial charge in [-0.25, -0.2) is 8.42 Å². The van der Waals surface area contributed by atoms with E-state index in [2.05, 4.69) is 10.0 Å². The van der Waals surface area contributed by atoms with Crippen molar-refractivity contribution in [2.75, 3.05) is 24.3 Å². The van der Waals surface area contributed by atoms with E-state index in [9.17, 15) is 13.2 Å². The van der Waals surface area contributed by atoms with Gasteiger partial charge in [0.15, 0.2) is 6.10 Å². The predicted molar refractivity (Wildman–Crippen MR) is 131 cm³/mol. The molecule has 9 heteroatoms. The van der Waals surface area contributed by atoms with E-state index in [-0.39, 0.29) is 16.5 Å². The molecule has 0 bridgehead atoms. The molecule has 0 spiro atoms. The van der Waals surface area contributed by atoms with Crippen molar-refractivity contribution in [1.82, 2.24) is 0 Å². The van der Waals surface area contributed by atoms with Crippen molar-refractivity contribution in [2.24, 2.45) is 0 Å². The third-order valence-electron chi connectivity index (χ3n) is 5.01. The zero-order valence-corrected chi connectivity index (χ0v) is 20.3. The van der Waals surface area contributed by atoms with Crippen LogP contribution in [0.2, 0.25) is 0 Å². The van der Waals surface area contributed by atoms with E-state index in [4.69, 9.17) is 14.2 Å². The number of sulfonamides is 1. The number of methoxy groups -OCH3 is 2. The van der Waals surface area contributed by atoms with E-state index in [1.54, 1.807) is 18.2 Å². The summed E-state index contributed by atoms with van der Waals surface area (Å²) in [6, 6.07) is 18.1. The number of ether oxygens (including phenoxy) is 3. The molecule has 0 aromatic heterocycles. The lowest BCUT2D eigenvalue weighted by Gasteiger charge is -2.18. The molecule has 3 aromatic carbocycles. The maximum Gasteiger partial charge on any atom is 0.265 e. The standard InChI is InChI=1S/C25H28N2O6S/c1-5-23(33-20-8-6-7-17(2)15-20)25(28)26-18-9-12-21(13-10-18)34(29,30)27-22-16-19(31-3)11-14-24(22)32-4/h6-16,23,27H,5H2,1-4H3,(H,26,28)/t23-/m1/s1. The number of rotatable bonds is 10. The first-order valence-corrected chi connectivity index (χ1v) is 12.1. The fraction of sp³-hybridized carbons (Fsp3) is 0.240. The van der Waals surface area contributed by atoms with Crippen LogP contribution >= 0.6 is 0 Å². The summed E-state index contributed by atoms with van der Waals surface area (Å²) in [5, 5.41) is 2.77. The average Bonchev–Trinajstić information content (AvgIpc) is 2.82. The fourth-order valence-corrected chi connectivity index (χ4v) is 4.27. The first kappa shape index (κ1) is 24.9. The first-order valence-electron chi connectivity index (χ1n) is 10.6. The number of hydrogen-bond donors (Lipinski definition) is 2. The summed E-state index contributed by atoms with van der Waals surface area (Å²) in [7, 11) is -0.969. The van der Waals surface area contributed by atoms with Crippen LogP contribution in [0.4, 0.5) is 11.4 Å². The summed E-state index contributed by atoms with van der Waals surface area (Å²) < 4.78 is 44.5. The third-order valence-corrected chi connectivity index (χ3v) is 6.40. The number of benzene rings is 3. The molecule has 1 amide bonds. The summed E-state index contributed by atoms with van der Waals surface area (Å²) in [5.74, 6) is 1.13. The van der Waals surface area contributed by atoms with E-state index in [1.165, 1.54) is 44.6 Å². The van der Waals surface area contributed by atoms with Crippen LogP contribution in [-0.4, -0.2) is 34.6 Å². The van der Waals surface area contributed by atoms with Gasteiger partial charge >= 0.3 is 0 Å². The van der Waals surface area contributed by atoms with E-state index in [1.807, 2.05) is 32.0 Å². The molecule has 0 saturated carbocycles. The Morgan fingerprint density at radius 1 is 0.941 bits per heavy atom. The van der Waals surface area contributed by atoms with Gasteiger partial charge in [-0.05, 0) is 67.4 Å². The summed E-state index contributed by atoms with van der Waals surface area (Å²) in [6.45, 7) is 3.80. The van der Waals surface area contributed by atoms with Crippen molar-refractivity contribution in [3.05, 3.63) is 72.3 Å². The molecule has 8 nitrogen and oxygen atoms in total. The molecule has 0 saturated heterocycles. The van der Waals surface area contributed by atoms with E-state index in [0.717, 1.165) is 5.56 Å². The second-order valence-electron chi connectivity index (χ2n) is 7.52. The Labute approximate surface area is 199 Å². The van der Waals surface area contributed by atoms with Crippen LogP contribution in [0.15, 0.2) is 71.6 Å². The quantitative estimate of drug-likeness (QED) is 0.436. The predicted octanol–water partition coefficient (Wildman–Crippen LogP) is 4.61. The van der Waals surface area contributed by atoms with Gasteiger partial charge in [-0.1, -0.05) is 19.1 Å². The largest absolute Gasteiger partial charge is 0.497 e. The summed E-state index contributed by atoms with van der Waals surface area (Å²) in [6.07, 6.45) is -0.217. The monoisotopic (exact) mass is 484 g/mol. The highest BCUT2D eigenvalue weighted by Crippen LogP contribution is 2.31. The van der Waals surface area contributed by atoms with Gasteiger partial charge in [-0.3, -0.25) is 9.52 Å². The van der Waals surface area contributed by atoms with Crippen molar-refractivity contribution in [3.63, 3.8) is 0 Å². The smallest absolute Gasteiger partial charge is 0.265 e. The zero-order valence-electron chi connectivity index (χ0n) is 19.5.